The predicted molar refractivity (Wildman–Crippen MR) is 75.7 cm³/mol. The van der Waals surface area contributed by atoms with E-state index in [0.29, 0.717) is 12.1 Å². The average molecular weight is 295 g/mol. The van der Waals surface area contributed by atoms with Gasteiger partial charge in [-0.3, -0.25) is 9.69 Å². The van der Waals surface area contributed by atoms with Crippen molar-refractivity contribution in [1.29, 1.82) is 0 Å². The Morgan fingerprint density at radius 2 is 1.95 bits per heavy atom. The number of carbonyl (C=O) groups is 1. The Morgan fingerprint density at radius 1 is 1.29 bits per heavy atom. The summed E-state index contributed by atoms with van der Waals surface area (Å²) in [5, 5.41) is 2.51. The number of fused-ring (bicyclic) bond motifs is 2. The molecule has 0 saturated carbocycles. The van der Waals surface area contributed by atoms with Crippen LogP contribution in [-0.4, -0.2) is 35.5 Å². The van der Waals surface area contributed by atoms with Crippen molar-refractivity contribution in [3.63, 3.8) is 0 Å². The first-order chi connectivity index (χ1) is 10.0. The van der Waals surface area contributed by atoms with Crippen LogP contribution in [0.15, 0.2) is 18.2 Å². The highest BCUT2D eigenvalue weighted by atomic mass is 19.1. The molecular weight excluding hydrogens is 276 g/mol. The zero-order chi connectivity index (χ0) is 15.0. The smallest absolute Gasteiger partial charge is 0.238 e. The van der Waals surface area contributed by atoms with Crippen LogP contribution in [0.25, 0.3) is 0 Å². The van der Waals surface area contributed by atoms with Crippen molar-refractivity contribution in [2.45, 2.75) is 43.8 Å². The van der Waals surface area contributed by atoms with Gasteiger partial charge in [-0.2, -0.15) is 0 Å². The molecule has 1 aromatic carbocycles. The van der Waals surface area contributed by atoms with Crippen molar-refractivity contribution in [3.05, 3.63) is 29.8 Å². The second-order valence-electron chi connectivity index (χ2n) is 5.96. The van der Waals surface area contributed by atoms with E-state index in [0.717, 1.165) is 37.8 Å². The van der Waals surface area contributed by atoms with Crippen LogP contribution in [0.1, 0.15) is 25.7 Å². The first-order valence-electron chi connectivity index (χ1n) is 7.29. The van der Waals surface area contributed by atoms with Gasteiger partial charge in [-0.1, -0.05) is 0 Å². The molecule has 2 aliphatic heterocycles. The third kappa shape index (κ3) is 3.06. The molecule has 1 aromatic rings. The summed E-state index contributed by atoms with van der Waals surface area (Å²) < 4.78 is 26.4. The molecule has 0 spiro atoms. The van der Waals surface area contributed by atoms with E-state index in [1.54, 1.807) is 0 Å². The summed E-state index contributed by atoms with van der Waals surface area (Å²) in [4.78, 5) is 14.2. The third-order valence-corrected chi connectivity index (χ3v) is 4.45. The molecule has 3 N–H and O–H groups in total. The summed E-state index contributed by atoms with van der Waals surface area (Å²) in [6.45, 7) is 0.235. The molecule has 6 heteroatoms. The van der Waals surface area contributed by atoms with Crippen LogP contribution in [0, 0.1) is 11.6 Å². The molecule has 1 amide bonds. The lowest BCUT2D eigenvalue weighted by Crippen LogP contribution is -2.50. The van der Waals surface area contributed by atoms with Crippen molar-refractivity contribution in [2.24, 2.45) is 5.73 Å². The van der Waals surface area contributed by atoms with Gasteiger partial charge in [0.05, 0.1) is 12.2 Å². The van der Waals surface area contributed by atoms with E-state index >= 15 is 0 Å². The van der Waals surface area contributed by atoms with E-state index in [2.05, 4.69) is 10.2 Å². The maximum absolute atomic E-state index is 13.5. The van der Waals surface area contributed by atoms with Gasteiger partial charge in [0.1, 0.15) is 11.6 Å². The Kier molecular flexibility index (Phi) is 3.91. The summed E-state index contributed by atoms with van der Waals surface area (Å²) >= 11 is 0. The standard InChI is InChI=1S/C15H19F2N3O/c16-9-1-4-14(13(17)5-9)19-15(21)8-20-11-2-3-12(20)7-10(18)6-11/h1,4-5,10-12H,2-3,6-8,18H2,(H,19,21). The van der Waals surface area contributed by atoms with Crippen molar-refractivity contribution in [3.8, 4) is 0 Å². The number of nitrogens with zero attached hydrogens (tertiary/aromatic N) is 1. The number of rotatable bonds is 3. The Labute approximate surface area is 122 Å². The molecule has 114 valence electrons. The van der Waals surface area contributed by atoms with Crippen molar-refractivity contribution >= 4 is 11.6 Å². The minimum Gasteiger partial charge on any atom is -0.328 e. The lowest BCUT2D eigenvalue weighted by atomic mass is 9.98. The fourth-order valence-electron chi connectivity index (χ4n) is 3.52. The van der Waals surface area contributed by atoms with Crippen LogP contribution < -0.4 is 11.1 Å². The number of anilines is 1. The van der Waals surface area contributed by atoms with Crippen LogP contribution in [0.4, 0.5) is 14.5 Å². The van der Waals surface area contributed by atoms with Crippen LogP contribution in [0.3, 0.4) is 0 Å². The number of halogens is 2. The zero-order valence-electron chi connectivity index (χ0n) is 11.7. The van der Waals surface area contributed by atoms with Gasteiger partial charge < -0.3 is 11.1 Å². The van der Waals surface area contributed by atoms with Crippen LogP contribution in [0.2, 0.25) is 0 Å². The molecular formula is C15H19F2N3O. The lowest BCUT2D eigenvalue weighted by molar-refractivity contribution is -0.118. The molecule has 2 saturated heterocycles. The van der Waals surface area contributed by atoms with Gasteiger partial charge in [-0.25, -0.2) is 8.78 Å². The number of nitrogens with two attached hydrogens (primary N) is 1. The molecule has 21 heavy (non-hydrogen) atoms. The fourth-order valence-corrected chi connectivity index (χ4v) is 3.52. The number of hydrogen-bond acceptors (Lipinski definition) is 3. The molecule has 2 aliphatic rings. The topological polar surface area (TPSA) is 58.4 Å². The van der Waals surface area contributed by atoms with Gasteiger partial charge in [0.15, 0.2) is 0 Å². The minimum absolute atomic E-state index is 0.0162. The highest BCUT2D eigenvalue weighted by molar-refractivity contribution is 5.92. The maximum atomic E-state index is 13.5. The summed E-state index contributed by atoms with van der Waals surface area (Å²) in [6, 6.07) is 4.05. The van der Waals surface area contributed by atoms with Crippen molar-refractivity contribution < 1.29 is 13.6 Å². The fraction of sp³-hybridized carbons (Fsp3) is 0.533. The van der Waals surface area contributed by atoms with E-state index < -0.39 is 11.6 Å². The van der Waals surface area contributed by atoms with Gasteiger partial charge in [-0.05, 0) is 37.8 Å². The van der Waals surface area contributed by atoms with E-state index in [9.17, 15) is 13.6 Å². The van der Waals surface area contributed by atoms with Crippen LogP contribution >= 0.6 is 0 Å². The number of carbonyl (C=O) groups excluding carboxylic acids is 1. The van der Waals surface area contributed by atoms with E-state index in [-0.39, 0.29) is 24.2 Å². The Hall–Kier alpha value is -1.53. The molecule has 2 fully saturated rings. The Morgan fingerprint density at radius 3 is 2.57 bits per heavy atom. The van der Waals surface area contributed by atoms with E-state index in [1.807, 2.05) is 0 Å². The molecule has 3 rings (SSSR count). The number of amides is 1. The van der Waals surface area contributed by atoms with Gasteiger partial charge >= 0.3 is 0 Å². The predicted octanol–water partition coefficient (Wildman–Crippen LogP) is 1.86. The number of piperidine rings is 1. The first-order valence-corrected chi connectivity index (χ1v) is 7.29. The van der Waals surface area contributed by atoms with Crippen molar-refractivity contribution in [1.82, 2.24) is 4.90 Å². The lowest BCUT2D eigenvalue weighted by Gasteiger charge is -2.37. The van der Waals surface area contributed by atoms with Gasteiger partial charge in [0.2, 0.25) is 5.91 Å². The second kappa shape index (κ2) is 5.69. The third-order valence-electron chi connectivity index (χ3n) is 4.45. The summed E-state index contributed by atoms with van der Waals surface area (Å²) in [7, 11) is 0. The normalized spacial score (nSPS) is 28.6. The maximum Gasteiger partial charge on any atom is 0.238 e. The number of hydrogen-bond donors (Lipinski definition) is 2. The van der Waals surface area contributed by atoms with Gasteiger partial charge in [-0.15, -0.1) is 0 Å². The molecule has 0 aliphatic carbocycles. The SMILES string of the molecule is NC1CC2CCC(C1)N2CC(=O)Nc1ccc(F)cc1F. The van der Waals surface area contributed by atoms with Crippen LogP contribution in [-0.2, 0) is 4.79 Å². The monoisotopic (exact) mass is 295 g/mol. The van der Waals surface area contributed by atoms with Gasteiger partial charge in [0, 0.05) is 24.2 Å². The average Bonchev–Trinajstić information content (AvgIpc) is 2.66. The largest absolute Gasteiger partial charge is 0.328 e. The molecule has 2 bridgehead atoms. The summed E-state index contributed by atoms with van der Waals surface area (Å²) in [6.07, 6.45) is 3.95. The number of nitrogens with one attached hydrogen (secondary N) is 1. The summed E-state index contributed by atoms with van der Waals surface area (Å²) in [5.74, 6) is -1.69. The second-order valence-corrected chi connectivity index (χ2v) is 5.96. The molecule has 0 aromatic heterocycles. The van der Waals surface area contributed by atoms with Crippen molar-refractivity contribution in [2.75, 3.05) is 11.9 Å². The highest BCUT2D eigenvalue weighted by Crippen LogP contribution is 2.34. The van der Waals surface area contributed by atoms with Gasteiger partial charge in [0.25, 0.3) is 0 Å². The molecule has 4 nitrogen and oxygen atoms in total. The van der Waals surface area contributed by atoms with E-state index in [4.69, 9.17) is 5.73 Å². The molecule has 2 atom stereocenters. The highest BCUT2D eigenvalue weighted by Gasteiger charge is 2.40. The Balaban J connectivity index is 1.62. The molecule has 0 radical (unpaired) electrons. The minimum atomic E-state index is -0.757. The zero-order valence-corrected chi connectivity index (χ0v) is 11.7. The summed E-state index contributed by atoms with van der Waals surface area (Å²) in [5.41, 5.74) is 6.01. The van der Waals surface area contributed by atoms with Crippen LogP contribution in [0.5, 0.6) is 0 Å². The Bertz CT molecular complexity index is 538. The molecule has 2 heterocycles. The quantitative estimate of drug-likeness (QED) is 0.895. The van der Waals surface area contributed by atoms with E-state index in [1.165, 1.54) is 6.07 Å². The number of benzene rings is 1. The first kappa shape index (κ1) is 14.4. The molecule has 2 unspecified atom stereocenters.